The Morgan fingerprint density at radius 3 is 2.72 bits per heavy atom. The number of carbonyl (C=O) groups is 3. The fourth-order valence-electron chi connectivity index (χ4n) is 2.04. The number of nitro groups is 1. The molecule has 0 unspecified atom stereocenters. The summed E-state index contributed by atoms with van der Waals surface area (Å²) in [6, 6.07) is 0. The van der Waals surface area contributed by atoms with E-state index in [0.29, 0.717) is 0 Å². The lowest BCUT2D eigenvalue weighted by atomic mass is 10.1. The quantitative estimate of drug-likeness (QED) is 0.391. The molecular weight excluding hydrogens is 354 g/mol. The minimum Gasteiger partial charge on any atom is -0.462 e. The van der Waals surface area contributed by atoms with Gasteiger partial charge >= 0.3 is 11.7 Å². The molecule has 2 heterocycles. The van der Waals surface area contributed by atoms with Crippen molar-refractivity contribution in [3.05, 3.63) is 38.0 Å². The van der Waals surface area contributed by atoms with Gasteiger partial charge in [0, 0.05) is 0 Å². The SMILES string of the molecule is CCOC(=O)c1c(NC(=O)c2[nH]ncc2[N+](=O)[O-])sc(C(N)=O)c1C. The zero-order valence-electron chi connectivity index (χ0n) is 13.1. The molecule has 0 atom stereocenters. The van der Waals surface area contributed by atoms with Gasteiger partial charge in [0.05, 0.1) is 22.0 Å². The highest BCUT2D eigenvalue weighted by Gasteiger charge is 2.28. The number of hydrogen-bond acceptors (Lipinski definition) is 8. The summed E-state index contributed by atoms with van der Waals surface area (Å²) < 4.78 is 4.91. The van der Waals surface area contributed by atoms with Crippen molar-refractivity contribution in [1.82, 2.24) is 10.2 Å². The third-order valence-corrected chi connectivity index (χ3v) is 4.34. The van der Waals surface area contributed by atoms with E-state index in [2.05, 4.69) is 15.5 Å². The second-order valence-corrected chi connectivity index (χ2v) is 5.71. The van der Waals surface area contributed by atoms with Gasteiger partial charge in [0.25, 0.3) is 11.8 Å². The smallest absolute Gasteiger partial charge is 0.341 e. The Morgan fingerprint density at radius 1 is 1.48 bits per heavy atom. The van der Waals surface area contributed by atoms with Crippen LogP contribution in [0.1, 0.15) is 43.0 Å². The Bertz CT molecular complexity index is 870. The minimum absolute atomic E-state index is 0.00125. The number of aromatic nitrogens is 2. The van der Waals surface area contributed by atoms with Crippen molar-refractivity contribution < 1.29 is 24.0 Å². The number of carbonyl (C=O) groups excluding carboxylic acids is 3. The van der Waals surface area contributed by atoms with Crippen LogP contribution in [0.15, 0.2) is 6.20 Å². The Kier molecular flexibility index (Phi) is 5.12. The van der Waals surface area contributed by atoms with Gasteiger partial charge in [-0.2, -0.15) is 5.10 Å². The standard InChI is InChI=1S/C13H13N5O6S/c1-3-24-13(21)7-5(2)9(10(14)19)25-12(7)16-11(20)8-6(18(22)23)4-15-17-8/h4H,3H2,1-2H3,(H2,14,19)(H,15,17)(H,16,20). The number of H-pyrrole nitrogens is 1. The van der Waals surface area contributed by atoms with E-state index < -0.39 is 34.1 Å². The molecule has 4 N–H and O–H groups in total. The lowest BCUT2D eigenvalue weighted by Crippen LogP contribution is -2.16. The molecule has 11 nitrogen and oxygen atoms in total. The monoisotopic (exact) mass is 367 g/mol. The highest BCUT2D eigenvalue weighted by Crippen LogP contribution is 2.34. The van der Waals surface area contributed by atoms with E-state index in [1.54, 1.807) is 6.92 Å². The highest BCUT2D eigenvalue weighted by atomic mass is 32.1. The first-order valence-electron chi connectivity index (χ1n) is 6.87. The first-order valence-corrected chi connectivity index (χ1v) is 7.68. The van der Waals surface area contributed by atoms with Crippen molar-refractivity contribution in [2.45, 2.75) is 13.8 Å². The van der Waals surface area contributed by atoms with Crippen LogP contribution in [0.2, 0.25) is 0 Å². The van der Waals surface area contributed by atoms with Crippen LogP contribution in [-0.2, 0) is 4.74 Å². The normalized spacial score (nSPS) is 10.3. The number of nitrogens with two attached hydrogens (primary N) is 1. The average molecular weight is 367 g/mol. The van der Waals surface area contributed by atoms with Crippen LogP contribution in [0.3, 0.4) is 0 Å². The minimum atomic E-state index is -0.896. The summed E-state index contributed by atoms with van der Waals surface area (Å²) in [5, 5.41) is 18.9. The molecular formula is C13H13N5O6S. The Labute approximate surface area is 144 Å². The summed E-state index contributed by atoms with van der Waals surface area (Å²) in [5.74, 6) is -2.42. The van der Waals surface area contributed by atoms with Gasteiger partial charge in [-0.15, -0.1) is 11.3 Å². The summed E-state index contributed by atoms with van der Waals surface area (Å²) in [7, 11) is 0. The van der Waals surface area contributed by atoms with Gasteiger partial charge in [-0.3, -0.25) is 24.8 Å². The number of thiophene rings is 1. The summed E-state index contributed by atoms with van der Waals surface area (Å²) in [5.41, 5.74) is 4.56. The molecule has 2 rings (SSSR count). The number of rotatable bonds is 6. The summed E-state index contributed by atoms with van der Waals surface area (Å²) >= 11 is 0.777. The predicted molar refractivity (Wildman–Crippen MR) is 86.7 cm³/mol. The fraction of sp³-hybridized carbons (Fsp3) is 0.231. The molecule has 0 spiro atoms. The molecule has 0 aromatic carbocycles. The number of ether oxygens (including phenoxy) is 1. The molecule has 0 saturated carbocycles. The van der Waals surface area contributed by atoms with Gasteiger partial charge in [0.1, 0.15) is 11.2 Å². The number of hydrogen-bond donors (Lipinski definition) is 3. The van der Waals surface area contributed by atoms with E-state index in [0.717, 1.165) is 17.5 Å². The maximum atomic E-state index is 12.3. The molecule has 0 aliphatic rings. The van der Waals surface area contributed by atoms with E-state index in [4.69, 9.17) is 10.5 Å². The average Bonchev–Trinajstić information content (AvgIpc) is 3.12. The lowest BCUT2D eigenvalue weighted by Gasteiger charge is -2.06. The molecule has 2 amide bonds. The fourth-order valence-corrected chi connectivity index (χ4v) is 3.08. The molecule has 132 valence electrons. The lowest BCUT2D eigenvalue weighted by molar-refractivity contribution is -0.385. The third kappa shape index (κ3) is 3.47. The molecule has 2 aromatic rings. The van der Waals surface area contributed by atoms with Crippen molar-refractivity contribution >= 4 is 39.8 Å². The van der Waals surface area contributed by atoms with E-state index in [-0.39, 0.29) is 27.6 Å². The van der Waals surface area contributed by atoms with E-state index in [1.807, 2.05) is 0 Å². The van der Waals surface area contributed by atoms with E-state index in [1.165, 1.54) is 6.92 Å². The van der Waals surface area contributed by atoms with E-state index in [9.17, 15) is 24.5 Å². The maximum absolute atomic E-state index is 12.3. The molecule has 12 heteroatoms. The van der Waals surface area contributed by atoms with Crippen molar-refractivity contribution in [1.29, 1.82) is 0 Å². The molecule has 0 aliphatic heterocycles. The molecule has 0 fully saturated rings. The van der Waals surface area contributed by atoms with Crippen LogP contribution in [0.25, 0.3) is 0 Å². The van der Waals surface area contributed by atoms with Gasteiger partial charge in [-0.05, 0) is 19.4 Å². The molecule has 0 radical (unpaired) electrons. The van der Waals surface area contributed by atoms with Gasteiger partial charge in [-0.25, -0.2) is 4.79 Å². The second kappa shape index (κ2) is 7.09. The van der Waals surface area contributed by atoms with Gasteiger partial charge in [-0.1, -0.05) is 0 Å². The largest absolute Gasteiger partial charge is 0.462 e. The molecule has 0 saturated heterocycles. The third-order valence-electron chi connectivity index (χ3n) is 3.12. The van der Waals surface area contributed by atoms with Crippen LogP contribution in [0, 0.1) is 17.0 Å². The first-order chi connectivity index (χ1) is 11.8. The number of nitrogens with one attached hydrogen (secondary N) is 2. The number of amides is 2. The zero-order valence-corrected chi connectivity index (χ0v) is 13.9. The van der Waals surface area contributed by atoms with Gasteiger partial charge in [0.15, 0.2) is 0 Å². The van der Waals surface area contributed by atoms with Crippen LogP contribution in [0.5, 0.6) is 0 Å². The van der Waals surface area contributed by atoms with Gasteiger partial charge < -0.3 is 15.8 Å². The first kappa shape index (κ1) is 18.1. The zero-order chi connectivity index (χ0) is 18.7. The van der Waals surface area contributed by atoms with Crippen molar-refractivity contribution in [2.75, 3.05) is 11.9 Å². The Balaban J connectivity index is 2.44. The van der Waals surface area contributed by atoms with Crippen molar-refractivity contribution in [3.63, 3.8) is 0 Å². The number of nitrogens with zero attached hydrogens (tertiary/aromatic N) is 2. The molecule has 25 heavy (non-hydrogen) atoms. The predicted octanol–water partition coefficient (Wildman–Crippen LogP) is 1.22. The Hall–Kier alpha value is -3.28. The number of anilines is 1. The maximum Gasteiger partial charge on any atom is 0.341 e. The second-order valence-electron chi connectivity index (χ2n) is 4.69. The summed E-state index contributed by atoms with van der Waals surface area (Å²) in [6.45, 7) is 3.16. The van der Waals surface area contributed by atoms with Crippen molar-refractivity contribution in [2.24, 2.45) is 5.73 Å². The van der Waals surface area contributed by atoms with Gasteiger partial charge in [0.2, 0.25) is 5.69 Å². The van der Waals surface area contributed by atoms with Crippen LogP contribution >= 0.6 is 11.3 Å². The number of aromatic amines is 1. The van der Waals surface area contributed by atoms with Crippen LogP contribution in [0.4, 0.5) is 10.7 Å². The summed E-state index contributed by atoms with van der Waals surface area (Å²) in [4.78, 5) is 46.1. The van der Waals surface area contributed by atoms with Crippen molar-refractivity contribution in [3.8, 4) is 0 Å². The highest BCUT2D eigenvalue weighted by molar-refractivity contribution is 7.18. The number of esters is 1. The number of primary amides is 1. The molecule has 2 aromatic heterocycles. The van der Waals surface area contributed by atoms with Crippen LogP contribution < -0.4 is 11.1 Å². The topological polar surface area (TPSA) is 170 Å². The van der Waals surface area contributed by atoms with Crippen LogP contribution in [-0.4, -0.2) is 39.5 Å². The Morgan fingerprint density at radius 2 is 2.16 bits per heavy atom. The summed E-state index contributed by atoms with van der Waals surface area (Å²) in [6.07, 6.45) is 0.885. The molecule has 0 bridgehead atoms. The molecule has 0 aliphatic carbocycles. The van der Waals surface area contributed by atoms with E-state index >= 15 is 0 Å².